The molecule has 1 N–H and O–H groups in total. The highest BCUT2D eigenvalue weighted by Crippen LogP contribution is 2.17. The third kappa shape index (κ3) is 5.12. The fraction of sp³-hybridized carbons (Fsp3) is 0.350. The van der Waals surface area contributed by atoms with E-state index in [1.807, 2.05) is 30.3 Å². The Morgan fingerprint density at radius 2 is 1.82 bits per heavy atom. The van der Waals surface area contributed by atoms with E-state index in [0.29, 0.717) is 37.7 Å². The van der Waals surface area contributed by atoms with Gasteiger partial charge in [0.25, 0.3) is 5.91 Å². The highest BCUT2D eigenvalue weighted by Gasteiger charge is 2.16. The molecule has 28 heavy (non-hydrogen) atoms. The summed E-state index contributed by atoms with van der Waals surface area (Å²) in [4.78, 5) is 31.1. The van der Waals surface area contributed by atoms with E-state index in [1.54, 1.807) is 24.3 Å². The van der Waals surface area contributed by atoms with Gasteiger partial charge in [-0.2, -0.15) is 0 Å². The summed E-state index contributed by atoms with van der Waals surface area (Å²) in [6.07, 6.45) is 2.57. The van der Waals surface area contributed by atoms with Crippen LogP contribution in [0, 0.1) is 0 Å². The maximum absolute atomic E-state index is 12.2. The number of carbonyl (C=O) groups is 2. The summed E-state index contributed by atoms with van der Waals surface area (Å²) in [7, 11) is 1.61. The first-order valence-corrected chi connectivity index (χ1v) is 9.15. The minimum Gasteiger partial charge on any atom is -0.497 e. The number of carbonyl (C=O) groups excluding carboxylic acids is 2. The van der Waals surface area contributed by atoms with Gasteiger partial charge in [-0.3, -0.25) is 9.59 Å². The number of amides is 2. The first-order valence-electron chi connectivity index (χ1n) is 9.15. The molecule has 0 bridgehead atoms. The third-order valence-corrected chi connectivity index (χ3v) is 4.52. The molecule has 0 atom stereocenters. The van der Waals surface area contributed by atoms with Crippen molar-refractivity contribution in [2.24, 2.45) is 0 Å². The zero-order chi connectivity index (χ0) is 19.8. The van der Waals surface area contributed by atoms with Gasteiger partial charge in [-0.25, -0.2) is 4.98 Å². The summed E-state index contributed by atoms with van der Waals surface area (Å²) in [5.74, 6) is 1.24. The molecule has 8 heteroatoms. The van der Waals surface area contributed by atoms with Crippen LogP contribution in [0.5, 0.6) is 11.5 Å². The second-order valence-electron chi connectivity index (χ2n) is 6.31. The van der Waals surface area contributed by atoms with Gasteiger partial charge in [0.2, 0.25) is 6.41 Å². The van der Waals surface area contributed by atoms with E-state index >= 15 is 0 Å². The van der Waals surface area contributed by atoms with Crippen LogP contribution in [0.25, 0.3) is 0 Å². The average Bonchev–Trinajstić information content (AvgIpc) is 2.77. The third-order valence-electron chi connectivity index (χ3n) is 4.52. The molecule has 2 aromatic rings. The predicted octanol–water partition coefficient (Wildman–Crippen LogP) is 1.18. The molecular formula is C20H24N4O4. The zero-order valence-corrected chi connectivity index (χ0v) is 15.8. The molecule has 2 amide bonds. The van der Waals surface area contributed by atoms with Gasteiger partial charge in [-0.15, -0.1) is 0 Å². The smallest absolute Gasteiger partial charge is 0.269 e. The molecule has 0 radical (unpaired) electrons. The number of nitrogens with zero attached hydrogens (tertiary/aromatic N) is 3. The second kappa shape index (κ2) is 9.59. The van der Waals surface area contributed by atoms with E-state index in [4.69, 9.17) is 9.47 Å². The maximum atomic E-state index is 12.2. The van der Waals surface area contributed by atoms with E-state index < -0.39 is 0 Å². The molecule has 3 rings (SSSR count). The minimum absolute atomic E-state index is 0.240. The summed E-state index contributed by atoms with van der Waals surface area (Å²) in [6.45, 7) is 3.64. The first-order chi connectivity index (χ1) is 13.7. The Hall–Kier alpha value is -3.29. The molecule has 1 aliphatic heterocycles. The molecule has 0 saturated carbocycles. The highest BCUT2D eigenvalue weighted by molar-refractivity contribution is 5.92. The van der Waals surface area contributed by atoms with Crippen molar-refractivity contribution in [2.45, 2.75) is 0 Å². The maximum Gasteiger partial charge on any atom is 0.269 e. The van der Waals surface area contributed by atoms with Crippen LogP contribution in [0.1, 0.15) is 10.5 Å². The van der Waals surface area contributed by atoms with E-state index in [0.717, 1.165) is 30.9 Å². The number of nitrogens with one attached hydrogen (secondary N) is 1. The number of ether oxygens (including phenoxy) is 2. The summed E-state index contributed by atoms with van der Waals surface area (Å²) in [5, 5.41) is 2.79. The van der Waals surface area contributed by atoms with Crippen LogP contribution in [-0.4, -0.2) is 68.6 Å². The lowest BCUT2D eigenvalue weighted by molar-refractivity contribution is -0.118. The van der Waals surface area contributed by atoms with Crippen molar-refractivity contribution >= 4 is 18.0 Å². The topological polar surface area (TPSA) is 84.0 Å². The minimum atomic E-state index is -0.240. The molecule has 0 unspecified atom stereocenters. The van der Waals surface area contributed by atoms with Crippen LogP contribution in [0.2, 0.25) is 0 Å². The van der Waals surface area contributed by atoms with Crippen molar-refractivity contribution < 1.29 is 19.1 Å². The van der Waals surface area contributed by atoms with Gasteiger partial charge in [0.15, 0.2) is 0 Å². The SMILES string of the molecule is COc1ccc(OCCNC(=O)c2ccc(N3CCN(C=O)CC3)cn2)cc1. The second-order valence-corrected chi connectivity index (χ2v) is 6.31. The Balaban J connectivity index is 1.42. The molecule has 0 spiro atoms. The Labute approximate surface area is 164 Å². The van der Waals surface area contributed by atoms with Crippen LogP contribution in [-0.2, 0) is 4.79 Å². The molecule has 148 valence electrons. The fourth-order valence-corrected chi connectivity index (χ4v) is 2.89. The summed E-state index contributed by atoms with van der Waals surface area (Å²) >= 11 is 0. The van der Waals surface area contributed by atoms with Gasteiger partial charge in [0.1, 0.15) is 23.8 Å². The van der Waals surface area contributed by atoms with Gasteiger partial charge in [-0.1, -0.05) is 0 Å². The molecule has 8 nitrogen and oxygen atoms in total. The number of hydrogen-bond donors (Lipinski definition) is 1. The number of benzene rings is 1. The Bertz CT molecular complexity index is 772. The van der Waals surface area contributed by atoms with E-state index in [9.17, 15) is 9.59 Å². The Morgan fingerprint density at radius 1 is 1.11 bits per heavy atom. The van der Waals surface area contributed by atoms with Gasteiger partial charge in [0.05, 0.1) is 25.5 Å². The van der Waals surface area contributed by atoms with Crippen LogP contribution >= 0.6 is 0 Å². The summed E-state index contributed by atoms with van der Waals surface area (Å²) < 4.78 is 10.7. The molecule has 1 aromatic heterocycles. The lowest BCUT2D eigenvalue weighted by Crippen LogP contribution is -2.45. The van der Waals surface area contributed by atoms with E-state index in [-0.39, 0.29) is 5.91 Å². The molecule has 1 fully saturated rings. The van der Waals surface area contributed by atoms with Gasteiger partial charge < -0.3 is 24.6 Å². The first kappa shape index (κ1) is 19.5. The molecule has 1 saturated heterocycles. The van der Waals surface area contributed by atoms with Gasteiger partial charge in [0, 0.05) is 26.2 Å². The zero-order valence-electron chi connectivity index (χ0n) is 15.8. The summed E-state index contributed by atoms with van der Waals surface area (Å²) in [6, 6.07) is 10.9. The Morgan fingerprint density at radius 3 is 2.43 bits per heavy atom. The molecular weight excluding hydrogens is 360 g/mol. The number of aromatic nitrogens is 1. The molecule has 2 heterocycles. The van der Waals surface area contributed by atoms with Crippen LogP contribution in [0.4, 0.5) is 5.69 Å². The number of piperazine rings is 1. The van der Waals surface area contributed by atoms with E-state index in [2.05, 4.69) is 15.2 Å². The average molecular weight is 384 g/mol. The lowest BCUT2D eigenvalue weighted by Gasteiger charge is -2.33. The number of anilines is 1. The van der Waals surface area contributed by atoms with Crippen molar-refractivity contribution in [3.05, 3.63) is 48.3 Å². The van der Waals surface area contributed by atoms with Crippen molar-refractivity contribution in [1.29, 1.82) is 0 Å². The predicted molar refractivity (Wildman–Crippen MR) is 105 cm³/mol. The monoisotopic (exact) mass is 384 g/mol. The van der Waals surface area contributed by atoms with Gasteiger partial charge >= 0.3 is 0 Å². The van der Waals surface area contributed by atoms with Crippen molar-refractivity contribution in [1.82, 2.24) is 15.2 Å². The molecule has 1 aromatic carbocycles. The van der Waals surface area contributed by atoms with Crippen molar-refractivity contribution in [2.75, 3.05) is 51.3 Å². The largest absolute Gasteiger partial charge is 0.497 e. The number of hydrogen-bond acceptors (Lipinski definition) is 6. The standard InChI is InChI=1S/C20H24N4O4/c1-27-17-3-5-18(6-4-17)28-13-8-21-20(26)19-7-2-16(14-22-19)24-11-9-23(15-25)10-12-24/h2-7,14-15H,8-13H2,1H3,(H,21,26). The van der Waals surface area contributed by atoms with E-state index in [1.165, 1.54) is 0 Å². The Kier molecular flexibility index (Phi) is 6.67. The van der Waals surface area contributed by atoms with Gasteiger partial charge in [-0.05, 0) is 36.4 Å². The van der Waals surface area contributed by atoms with Crippen LogP contribution < -0.4 is 19.7 Å². The number of rotatable bonds is 8. The summed E-state index contributed by atoms with van der Waals surface area (Å²) in [5.41, 5.74) is 1.31. The van der Waals surface area contributed by atoms with Crippen LogP contribution in [0.3, 0.4) is 0 Å². The quantitative estimate of drug-likeness (QED) is 0.544. The normalized spacial score (nSPS) is 13.8. The molecule has 0 aliphatic carbocycles. The van der Waals surface area contributed by atoms with Crippen LogP contribution in [0.15, 0.2) is 42.6 Å². The van der Waals surface area contributed by atoms with Crippen molar-refractivity contribution in [3.8, 4) is 11.5 Å². The van der Waals surface area contributed by atoms with Crippen molar-refractivity contribution in [3.63, 3.8) is 0 Å². The number of pyridine rings is 1. The highest BCUT2D eigenvalue weighted by atomic mass is 16.5. The fourth-order valence-electron chi connectivity index (χ4n) is 2.89. The number of methoxy groups -OCH3 is 1. The molecule has 1 aliphatic rings. The lowest BCUT2D eigenvalue weighted by atomic mass is 10.2.